The lowest BCUT2D eigenvalue weighted by molar-refractivity contribution is 0.0573. The number of rotatable bonds is 3. The maximum atomic E-state index is 12.5. The topological polar surface area (TPSA) is 49.6 Å². The van der Waals surface area contributed by atoms with Crippen LogP contribution < -0.4 is 5.73 Å². The molecule has 0 unspecified atom stereocenters. The summed E-state index contributed by atoms with van der Waals surface area (Å²) in [6, 6.07) is 8.46. The number of carbonyl (C=O) groups is 1. The molecule has 6 heteroatoms. The Morgan fingerprint density at radius 2 is 1.57 bits per heavy atom. The summed E-state index contributed by atoms with van der Waals surface area (Å²) in [5.74, 6) is 0.157. The Kier molecular flexibility index (Phi) is 8.34. The molecule has 2 N–H and O–H groups in total. The van der Waals surface area contributed by atoms with Gasteiger partial charge in [-0.25, -0.2) is 0 Å². The summed E-state index contributed by atoms with van der Waals surface area (Å²) >= 11 is 0. The van der Waals surface area contributed by atoms with Gasteiger partial charge in [-0.15, -0.1) is 24.8 Å². The monoisotopic (exact) mass is 359 g/mol. The number of amides is 1. The molecule has 3 rings (SSSR count). The highest BCUT2D eigenvalue weighted by Gasteiger charge is 2.28. The van der Waals surface area contributed by atoms with E-state index in [1.807, 2.05) is 29.2 Å². The largest absolute Gasteiger partial charge is 0.336 e. The average Bonchev–Trinajstić information content (AvgIpc) is 3.09. The van der Waals surface area contributed by atoms with Crippen molar-refractivity contribution in [2.45, 2.75) is 38.3 Å². The van der Waals surface area contributed by atoms with Crippen molar-refractivity contribution in [1.29, 1.82) is 0 Å². The summed E-state index contributed by atoms with van der Waals surface area (Å²) < 4.78 is 0. The fourth-order valence-electron chi connectivity index (χ4n) is 3.53. The normalized spacial score (nSPS) is 19.1. The van der Waals surface area contributed by atoms with Crippen LogP contribution in [0.3, 0.4) is 0 Å². The lowest BCUT2D eigenvalue weighted by Crippen LogP contribution is -2.51. The molecular weight excluding hydrogens is 333 g/mol. The maximum Gasteiger partial charge on any atom is 0.253 e. The van der Waals surface area contributed by atoms with Gasteiger partial charge in [0.15, 0.2) is 0 Å². The van der Waals surface area contributed by atoms with Gasteiger partial charge in [0.2, 0.25) is 0 Å². The zero-order valence-corrected chi connectivity index (χ0v) is 15.1. The number of carbonyl (C=O) groups excluding carboxylic acids is 1. The van der Waals surface area contributed by atoms with E-state index in [2.05, 4.69) is 4.90 Å². The predicted octanol–water partition coefficient (Wildman–Crippen LogP) is 2.69. The second-order valence-corrected chi connectivity index (χ2v) is 6.17. The molecule has 0 aromatic heterocycles. The molecule has 0 radical (unpaired) electrons. The Balaban J connectivity index is 0.00000132. The molecule has 1 saturated carbocycles. The van der Waals surface area contributed by atoms with Crippen molar-refractivity contribution in [3.63, 3.8) is 0 Å². The van der Waals surface area contributed by atoms with Gasteiger partial charge in [0, 0.05) is 44.3 Å². The first-order valence-electron chi connectivity index (χ1n) is 8.10. The van der Waals surface area contributed by atoms with E-state index >= 15 is 0 Å². The minimum Gasteiger partial charge on any atom is -0.336 e. The molecule has 0 bridgehead atoms. The minimum atomic E-state index is 0. The Labute approximate surface area is 151 Å². The van der Waals surface area contributed by atoms with E-state index in [9.17, 15) is 4.79 Å². The SMILES string of the molecule is Cl.Cl.NCc1ccc(C(=O)N2CCN(C3CCCC3)CC2)cc1. The molecule has 1 saturated heterocycles. The molecule has 23 heavy (non-hydrogen) atoms. The van der Waals surface area contributed by atoms with Crippen LogP contribution in [0, 0.1) is 0 Å². The van der Waals surface area contributed by atoms with Crippen molar-refractivity contribution in [2.24, 2.45) is 5.73 Å². The fraction of sp³-hybridized carbons (Fsp3) is 0.588. The van der Waals surface area contributed by atoms with Crippen LogP contribution in [0.4, 0.5) is 0 Å². The third kappa shape index (κ3) is 4.83. The molecule has 0 spiro atoms. The summed E-state index contributed by atoms with van der Waals surface area (Å²) in [5.41, 5.74) is 7.44. The first kappa shape index (κ1) is 20.2. The van der Waals surface area contributed by atoms with Gasteiger partial charge >= 0.3 is 0 Å². The maximum absolute atomic E-state index is 12.5. The molecule has 130 valence electrons. The number of benzene rings is 1. The predicted molar refractivity (Wildman–Crippen MR) is 98.6 cm³/mol. The van der Waals surface area contributed by atoms with Crippen molar-refractivity contribution in [3.05, 3.63) is 35.4 Å². The number of hydrogen-bond donors (Lipinski definition) is 1. The Morgan fingerprint density at radius 3 is 2.09 bits per heavy atom. The zero-order valence-electron chi connectivity index (χ0n) is 13.4. The minimum absolute atomic E-state index is 0. The first-order valence-corrected chi connectivity index (χ1v) is 8.10. The van der Waals surface area contributed by atoms with Gasteiger partial charge in [-0.2, -0.15) is 0 Å². The lowest BCUT2D eigenvalue weighted by atomic mass is 10.1. The average molecular weight is 360 g/mol. The highest BCUT2D eigenvalue weighted by Crippen LogP contribution is 2.24. The van der Waals surface area contributed by atoms with Gasteiger partial charge in [0.1, 0.15) is 0 Å². The first-order chi connectivity index (χ1) is 10.3. The van der Waals surface area contributed by atoms with Gasteiger partial charge in [0.05, 0.1) is 0 Å². The van der Waals surface area contributed by atoms with Crippen molar-refractivity contribution in [3.8, 4) is 0 Å². The van der Waals surface area contributed by atoms with Gasteiger partial charge < -0.3 is 10.6 Å². The molecular formula is C17H27Cl2N3O. The molecule has 0 atom stereocenters. The summed E-state index contributed by atoms with van der Waals surface area (Å²) in [7, 11) is 0. The van der Waals surface area contributed by atoms with E-state index in [0.29, 0.717) is 6.54 Å². The van der Waals surface area contributed by atoms with Gasteiger partial charge in [0.25, 0.3) is 5.91 Å². The van der Waals surface area contributed by atoms with Crippen LogP contribution in [0.2, 0.25) is 0 Å². The van der Waals surface area contributed by atoms with E-state index in [-0.39, 0.29) is 30.7 Å². The third-order valence-electron chi connectivity index (χ3n) is 4.88. The molecule has 1 aromatic carbocycles. The van der Waals surface area contributed by atoms with E-state index in [1.165, 1.54) is 25.7 Å². The molecule has 1 heterocycles. The van der Waals surface area contributed by atoms with Crippen LogP contribution in [-0.4, -0.2) is 47.9 Å². The number of halogens is 2. The van der Waals surface area contributed by atoms with Crippen LogP contribution in [0.25, 0.3) is 0 Å². The summed E-state index contributed by atoms with van der Waals surface area (Å²) in [6.45, 7) is 4.28. The quantitative estimate of drug-likeness (QED) is 0.902. The van der Waals surface area contributed by atoms with Crippen molar-refractivity contribution in [2.75, 3.05) is 26.2 Å². The summed E-state index contributed by atoms with van der Waals surface area (Å²) in [6.07, 6.45) is 5.43. The van der Waals surface area contributed by atoms with Crippen LogP contribution in [-0.2, 0) is 6.54 Å². The van der Waals surface area contributed by atoms with Gasteiger partial charge in [-0.3, -0.25) is 9.69 Å². The van der Waals surface area contributed by atoms with Gasteiger partial charge in [-0.05, 0) is 30.5 Å². The smallest absolute Gasteiger partial charge is 0.253 e. The van der Waals surface area contributed by atoms with Crippen LogP contribution in [0.1, 0.15) is 41.6 Å². The van der Waals surface area contributed by atoms with Crippen molar-refractivity contribution < 1.29 is 4.79 Å². The number of nitrogens with zero attached hydrogens (tertiary/aromatic N) is 2. The molecule has 1 aliphatic heterocycles. The molecule has 1 aliphatic carbocycles. The Bertz CT molecular complexity index is 481. The Morgan fingerprint density at radius 1 is 1.00 bits per heavy atom. The number of nitrogens with two attached hydrogens (primary N) is 1. The molecule has 2 fully saturated rings. The van der Waals surface area contributed by atoms with E-state index < -0.39 is 0 Å². The van der Waals surface area contributed by atoms with Crippen LogP contribution >= 0.6 is 24.8 Å². The molecule has 4 nitrogen and oxygen atoms in total. The van der Waals surface area contributed by atoms with Crippen LogP contribution in [0.15, 0.2) is 24.3 Å². The zero-order chi connectivity index (χ0) is 14.7. The second-order valence-electron chi connectivity index (χ2n) is 6.17. The molecule has 2 aliphatic rings. The Hall–Kier alpha value is -0.810. The van der Waals surface area contributed by atoms with E-state index in [4.69, 9.17) is 5.73 Å². The number of piperazine rings is 1. The highest BCUT2D eigenvalue weighted by molar-refractivity contribution is 5.94. The van der Waals surface area contributed by atoms with Crippen LogP contribution in [0.5, 0.6) is 0 Å². The summed E-state index contributed by atoms with van der Waals surface area (Å²) in [4.78, 5) is 17.1. The van der Waals surface area contributed by atoms with E-state index in [0.717, 1.165) is 43.3 Å². The van der Waals surface area contributed by atoms with Crippen molar-refractivity contribution in [1.82, 2.24) is 9.80 Å². The second kappa shape index (κ2) is 9.48. The van der Waals surface area contributed by atoms with E-state index in [1.54, 1.807) is 0 Å². The molecule has 1 amide bonds. The number of hydrogen-bond acceptors (Lipinski definition) is 3. The molecule has 1 aromatic rings. The van der Waals surface area contributed by atoms with Gasteiger partial charge in [-0.1, -0.05) is 25.0 Å². The van der Waals surface area contributed by atoms with Crippen molar-refractivity contribution >= 4 is 30.7 Å². The summed E-state index contributed by atoms with van der Waals surface area (Å²) in [5, 5.41) is 0. The lowest BCUT2D eigenvalue weighted by Gasteiger charge is -2.38. The highest BCUT2D eigenvalue weighted by atomic mass is 35.5. The third-order valence-corrected chi connectivity index (χ3v) is 4.88. The standard InChI is InChI=1S/C17H25N3O.2ClH/c18-13-14-5-7-15(8-6-14)17(21)20-11-9-19(10-12-20)16-3-1-2-4-16;;/h5-8,16H,1-4,9-13,18H2;2*1H. The fourth-order valence-corrected chi connectivity index (χ4v) is 3.53.